The third-order valence-electron chi connectivity index (χ3n) is 4.85. The molecule has 33 heavy (non-hydrogen) atoms. The molecule has 0 radical (unpaired) electrons. The molecule has 0 spiro atoms. The van der Waals surface area contributed by atoms with Crippen molar-refractivity contribution in [2.75, 3.05) is 17.2 Å². The molecule has 0 heterocycles. The molecule has 0 bridgehead atoms. The van der Waals surface area contributed by atoms with E-state index >= 15 is 0 Å². The SMILES string of the molecule is CCOc1cc(CNc2cccc(NC(=O)CC(C)C)c2)ccc1OCc1ccc(Cl)cc1. The van der Waals surface area contributed by atoms with Gasteiger partial charge in [0.2, 0.25) is 5.91 Å². The van der Waals surface area contributed by atoms with E-state index in [2.05, 4.69) is 10.6 Å². The predicted molar refractivity (Wildman–Crippen MR) is 135 cm³/mol. The lowest BCUT2D eigenvalue weighted by molar-refractivity contribution is -0.116. The maximum atomic E-state index is 12.0. The molecule has 0 saturated heterocycles. The molecule has 0 aromatic heterocycles. The molecule has 0 atom stereocenters. The van der Waals surface area contributed by atoms with Gasteiger partial charge in [-0.3, -0.25) is 4.79 Å². The van der Waals surface area contributed by atoms with Gasteiger partial charge in [0.25, 0.3) is 0 Å². The van der Waals surface area contributed by atoms with Gasteiger partial charge in [0.1, 0.15) is 6.61 Å². The zero-order valence-electron chi connectivity index (χ0n) is 19.4. The number of nitrogens with one attached hydrogen (secondary N) is 2. The van der Waals surface area contributed by atoms with Gasteiger partial charge < -0.3 is 20.1 Å². The molecule has 3 aromatic carbocycles. The number of benzene rings is 3. The van der Waals surface area contributed by atoms with Crippen LogP contribution < -0.4 is 20.1 Å². The summed E-state index contributed by atoms with van der Waals surface area (Å²) in [5.74, 6) is 1.76. The lowest BCUT2D eigenvalue weighted by Gasteiger charge is -2.15. The largest absolute Gasteiger partial charge is 0.490 e. The molecule has 6 heteroatoms. The molecule has 3 aromatic rings. The topological polar surface area (TPSA) is 59.6 Å². The van der Waals surface area contributed by atoms with Crippen molar-refractivity contribution in [3.05, 3.63) is 82.9 Å². The van der Waals surface area contributed by atoms with Crippen LogP contribution in [0.15, 0.2) is 66.7 Å². The predicted octanol–water partition coefficient (Wildman–Crippen LogP) is 6.91. The summed E-state index contributed by atoms with van der Waals surface area (Å²) in [5, 5.41) is 7.06. The highest BCUT2D eigenvalue weighted by Gasteiger charge is 2.09. The molecular formula is C27H31ClN2O3. The van der Waals surface area contributed by atoms with E-state index in [1.807, 2.05) is 87.5 Å². The Balaban J connectivity index is 1.61. The minimum atomic E-state index is 0.0256. The van der Waals surface area contributed by atoms with Crippen LogP contribution in [0.5, 0.6) is 11.5 Å². The Kier molecular flexibility index (Phi) is 9.02. The van der Waals surface area contributed by atoms with Crippen molar-refractivity contribution in [3.8, 4) is 11.5 Å². The third-order valence-corrected chi connectivity index (χ3v) is 5.10. The van der Waals surface area contributed by atoms with Crippen LogP contribution in [-0.4, -0.2) is 12.5 Å². The van der Waals surface area contributed by atoms with Crippen molar-refractivity contribution < 1.29 is 14.3 Å². The van der Waals surface area contributed by atoms with Crippen molar-refractivity contribution in [3.63, 3.8) is 0 Å². The molecule has 0 fully saturated rings. The van der Waals surface area contributed by atoms with E-state index in [0.717, 1.165) is 22.5 Å². The average Bonchev–Trinajstić information content (AvgIpc) is 2.78. The second kappa shape index (κ2) is 12.2. The summed E-state index contributed by atoms with van der Waals surface area (Å²) in [7, 11) is 0. The number of rotatable bonds is 11. The Hall–Kier alpha value is -3.18. The first kappa shape index (κ1) is 24.5. The summed E-state index contributed by atoms with van der Waals surface area (Å²) >= 11 is 5.95. The van der Waals surface area contributed by atoms with Gasteiger partial charge >= 0.3 is 0 Å². The van der Waals surface area contributed by atoms with E-state index in [-0.39, 0.29) is 5.91 Å². The average molecular weight is 467 g/mol. The van der Waals surface area contributed by atoms with Gasteiger partial charge in [-0.1, -0.05) is 49.7 Å². The maximum Gasteiger partial charge on any atom is 0.224 e. The minimum Gasteiger partial charge on any atom is -0.490 e. The molecule has 174 valence electrons. The van der Waals surface area contributed by atoms with E-state index in [4.69, 9.17) is 21.1 Å². The number of amides is 1. The van der Waals surface area contributed by atoms with Gasteiger partial charge in [0, 0.05) is 29.4 Å². The standard InChI is InChI=1S/C27H31ClN2O3/c1-4-32-26-15-21(10-13-25(26)33-18-20-8-11-22(28)12-9-20)17-29-23-6-5-7-24(16-23)30-27(31)14-19(2)3/h5-13,15-16,19,29H,4,14,17-18H2,1-3H3,(H,30,31). The van der Waals surface area contributed by atoms with E-state index in [1.165, 1.54) is 0 Å². The summed E-state index contributed by atoms with van der Waals surface area (Å²) in [5.41, 5.74) is 3.81. The molecule has 0 aliphatic carbocycles. The highest BCUT2D eigenvalue weighted by Crippen LogP contribution is 2.30. The summed E-state index contributed by atoms with van der Waals surface area (Å²) in [6.45, 7) is 7.61. The van der Waals surface area contributed by atoms with Crippen molar-refractivity contribution in [2.24, 2.45) is 5.92 Å². The quantitative estimate of drug-likeness (QED) is 0.322. The van der Waals surface area contributed by atoms with Crippen LogP contribution in [0, 0.1) is 5.92 Å². The molecule has 0 aliphatic heterocycles. The Morgan fingerprint density at radius 1 is 0.909 bits per heavy atom. The van der Waals surface area contributed by atoms with Crippen LogP contribution in [0.25, 0.3) is 0 Å². The first-order chi connectivity index (χ1) is 15.9. The van der Waals surface area contributed by atoms with E-state index in [9.17, 15) is 4.79 Å². The van der Waals surface area contributed by atoms with Gasteiger partial charge in [-0.05, 0) is 66.4 Å². The van der Waals surface area contributed by atoms with E-state index < -0.39 is 0 Å². The van der Waals surface area contributed by atoms with Crippen molar-refractivity contribution in [2.45, 2.75) is 40.3 Å². The van der Waals surface area contributed by atoms with Crippen LogP contribution in [0.2, 0.25) is 5.02 Å². The summed E-state index contributed by atoms with van der Waals surface area (Å²) in [6, 6.07) is 21.3. The first-order valence-electron chi connectivity index (χ1n) is 11.2. The fourth-order valence-corrected chi connectivity index (χ4v) is 3.41. The molecular weight excluding hydrogens is 436 g/mol. The second-order valence-electron chi connectivity index (χ2n) is 8.21. The third kappa shape index (κ3) is 8.03. The molecule has 3 rings (SSSR count). The van der Waals surface area contributed by atoms with E-state index in [1.54, 1.807) is 0 Å². The zero-order valence-corrected chi connectivity index (χ0v) is 20.1. The molecule has 5 nitrogen and oxygen atoms in total. The molecule has 0 aliphatic rings. The van der Waals surface area contributed by atoms with Gasteiger partial charge in [0.05, 0.1) is 6.61 Å². The fourth-order valence-electron chi connectivity index (χ4n) is 3.29. The van der Waals surface area contributed by atoms with Gasteiger partial charge in [-0.25, -0.2) is 0 Å². The van der Waals surface area contributed by atoms with Crippen molar-refractivity contribution in [1.29, 1.82) is 0 Å². The summed E-state index contributed by atoms with van der Waals surface area (Å²) in [4.78, 5) is 12.0. The highest BCUT2D eigenvalue weighted by molar-refractivity contribution is 6.30. The van der Waals surface area contributed by atoms with E-state index in [0.29, 0.717) is 48.6 Å². The van der Waals surface area contributed by atoms with Gasteiger partial charge in [-0.2, -0.15) is 0 Å². The van der Waals surface area contributed by atoms with Crippen molar-refractivity contribution >= 4 is 28.9 Å². The highest BCUT2D eigenvalue weighted by atomic mass is 35.5. The number of halogens is 1. The molecule has 1 amide bonds. The molecule has 0 unspecified atom stereocenters. The Bertz CT molecular complexity index is 1050. The first-order valence-corrected chi connectivity index (χ1v) is 11.6. The normalized spacial score (nSPS) is 10.7. The smallest absolute Gasteiger partial charge is 0.224 e. The molecule has 2 N–H and O–H groups in total. The lowest BCUT2D eigenvalue weighted by Crippen LogP contribution is -2.13. The lowest BCUT2D eigenvalue weighted by atomic mass is 10.1. The summed E-state index contributed by atoms with van der Waals surface area (Å²) in [6.07, 6.45) is 0.504. The second-order valence-corrected chi connectivity index (χ2v) is 8.65. The van der Waals surface area contributed by atoms with Gasteiger partial charge in [0.15, 0.2) is 11.5 Å². The Morgan fingerprint density at radius 2 is 1.64 bits per heavy atom. The Labute approximate surface area is 201 Å². The number of carbonyl (C=O) groups excluding carboxylic acids is 1. The van der Waals surface area contributed by atoms with Crippen molar-refractivity contribution in [1.82, 2.24) is 0 Å². The fraction of sp³-hybridized carbons (Fsp3) is 0.296. The number of hydrogen-bond acceptors (Lipinski definition) is 4. The molecule has 0 saturated carbocycles. The maximum absolute atomic E-state index is 12.0. The summed E-state index contributed by atoms with van der Waals surface area (Å²) < 4.78 is 11.8. The van der Waals surface area contributed by atoms with Crippen LogP contribution in [-0.2, 0) is 17.9 Å². The number of ether oxygens (including phenoxy) is 2. The van der Waals surface area contributed by atoms with Crippen LogP contribution in [0.4, 0.5) is 11.4 Å². The number of anilines is 2. The van der Waals surface area contributed by atoms with Crippen LogP contribution >= 0.6 is 11.6 Å². The van der Waals surface area contributed by atoms with Crippen LogP contribution in [0.1, 0.15) is 38.3 Å². The number of hydrogen-bond donors (Lipinski definition) is 2. The Morgan fingerprint density at radius 3 is 2.36 bits per heavy atom. The van der Waals surface area contributed by atoms with Gasteiger partial charge in [-0.15, -0.1) is 0 Å². The minimum absolute atomic E-state index is 0.0256. The monoisotopic (exact) mass is 466 g/mol. The zero-order chi connectivity index (χ0) is 23.6. The van der Waals surface area contributed by atoms with Crippen LogP contribution in [0.3, 0.4) is 0 Å². The number of carbonyl (C=O) groups is 1.